The molecule has 1 heterocycles. The molecule has 0 saturated carbocycles. The van der Waals surface area contributed by atoms with E-state index < -0.39 is 0 Å². The Bertz CT molecular complexity index is 386. The van der Waals surface area contributed by atoms with Crippen LogP contribution in [0, 0.1) is 0 Å². The minimum Gasteiger partial charge on any atom is -0.377 e. The summed E-state index contributed by atoms with van der Waals surface area (Å²) in [7, 11) is 1.57. The van der Waals surface area contributed by atoms with Crippen molar-refractivity contribution in [2.45, 2.75) is 6.54 Å². The highest BCUT2D eigenvalue weighted by atomic mass is 16.5. The zero-order chi connectivity index (χ0) is 13.5. The number of carbonyl (C=O) groups excluding carboxylic acids is 1. The number of carbonyl (C=O) groups is 1. The van der Waals surface area contributed by atoms with Crippen LogP contribution >= 0.6 is 0 Å². The van der Waals surface area contributed by atoms with Crippen LogP contribution < -0.4 is 0 Å². The Morgan fingerprint density at radius 2 is 1.74 bits per heavy atom. The van der Waals surface area contributed by atoms with E-state index >= 15 is 0 Å². The highest BCUT2D eigenvalue weighted by Gasteiger charge is 2.18. The van der Waals surface area contributed by atoms with Gasteiger partial charge in [0.1, 0.15) is 6.61 Å². The van der Waals surface area contributed by atoms with Crippen LogP contribution in [0.15, 0.2) is 30.3 Å². The lowest BCUT2D eigenvalue weighted by Crippen LogP contribution is -2.47. The van der Waals surface area contributed by atoms with Gasteiger partial charge in [-0.05, 0) is 5.56 Å². The summed E-state index contributed by atoms with van der Waals surface area (Å²) in [6, 6.07) is 10.5. The number of piperazine rings is 1. The topological polar surface area (TPSA) is 32.8 Å². The number of hydrogen-bond donors (Lipinski definition) is 0. The zero-order valence-electron chi connectivity index (χ0n) is 11.5. The van der Waals surface area contributed by atoms with E-state index in [1.807, 2.05) is 6.07 Å². The lowest BCUT2D eigenvalue weighted by molar-refractivity contribution is -0.124. The second-order valence-electron chi connectivity index (χ2n) is 5.01. The molecule has 0 aliphatic carbocycles. The molecule has 4 nitrogen and oxygen atoms in total. The van der Waals surface area contributed by atoms with Gasteiger partial charge in [0.15, 0.2) is 5.78 Å². The minimum absolute atomic E-state index is 0.166. The van der Waals surface area contributed by atoms with Gasteiger partial charge < -0.3 is 4.74 Å². The van der Waals surface area contributed by atoms with E-state index in [0.29, 0.717) is 6.54 Å². The molecular weight excluding hydrogens is 240 g/mol. The van der Waals surface area contributed by atoms with E-state index in [2.05, 4.69) is 34.1 Å². The molecule has 0 radical (unpaired) electrons. The van der Waals surface area contributed by atoms with Crippen molar-refractivity contribution in [1.82, 2.24) is 9.80 Å². The molecule has 19 heavy (non-hydrogen) atoms. The summed E-state index contributed by atoms with van der Waals surface area (Å²) in [6.07, 6.45) is 0. The predicted octanol–water partition coefficient (Wildman–Crippen LogP) is 1.02. The second-order valence-corrected chi connectivity index (χ2v) is 5.01. The molecule has 1 aliphatic heterocycles. The summed E-state index contributed by atoms with van der Waals surface area (Å²) in [4.78, 5) is 16.2. The molecule has 1 fully saturated rings. The van der Waals surface area contributed by atoms with Gasteiger partial charge in [-0.2, -0.15) is 0 Å². The van der Waals surface area contributed by atoms with Crippen molar-refractivity contribution in [1.29, 1.82) is 0 Å². The van der Waals surface area contributed by atoms with Gasteiger partial charge in [0.05, 0.1) is 6.54 Å². The fourth-order valence-electron chi connectivity index (χ4n) is 2.40. The van der Waals surface area contributed by atoms with Crippen LogP contribution in [0.1, 0.15) is 5.56 Å². The van der Waals surface area contributed by atoms with Crippen molar-refractivity contribution in [3.05, 3.63) is 35.9 Å². The lowest BCUT2D eigenvalue weighted by Gasteiger charge is -2.34. The SMILES string of the molecule is COCC(=O)CN1CCN(Cc2ccccc2)CC1. The zero-order valence-corrected chi connectivity index (χ0v) is 11.5. The number of ketones is 1. The molecule has 4 heteroatoms. The summed E-state index contributed by atoms with van der Waals surface area (Å²) >= 11 is 0. The van der Waals surface area contributed by atoms with E-state index in [9.17, 15) is 4.79 Å². The van der Waals surface area contributed by atoms with Crippen LogP contribution in [0.4, 0.5) is 0 Å². The maximum absolute atomic E-state index is 11.5. The Labute approximate surface area is 115 Å². The van der Waals surface area contributed by atoms with Gasteiger partial charge in [-0.3, -0.25) is 14.6 Å². The first-order valence-corrected chi connectivity index (χ1v) is 6.77. The maximum atomic E-state index is 11.5. The normalized spacial score (nSPS) is 17.5. The van der Waals surface area contributed by atoms with E-state index in [4.69, 9.17) is 4.74 Å². The van der Waals surface area contributed by atoms with Crippen LogP contribution in [0.5, 0.6) is 0 Å². The quantitative estimate of drug-likeness (QED) is 0.766. The molecule has 1 aromatic carbocycles. The Balaban J connectivity index is 1.72. The van der Waals surface area contributed by atoms with E-state index in [1.165, 1.54) is 5.56 Å². The highest BCUT2D eigenvalue weighted by molar-refractivity contribution is 5.81. The third kappa shape index (κ3) is 4.74. The average molecular weight is 262 g/mol. The van der Waals surface area contributed by atoms with Gasteiger partial charge in [0, 0.05) is 39.8 Å². The molecule has 0 bridgehead atoms. The fraction of sp³-hybridized carbons (Fsp3) is 0.533. The fourth-order valence-corrected chi connectivity index (χ4v) is 2.40. The number of nitrogens with zero attached hydrogens (tertiary/aromatic N) is 2. The third-order valence-electron chi connectivity index (χ3n) is 3.42. The number of Topliss-reactive ketones (excluding diaryl/α,β-unsaturated/α-hetero) is 1. The molecule has 0 unspecified atom stereocenters. The molecule has 2 rings (SSSR count). The molecule has 0 amide bonds. The van der Waals surface area contributed by atoms with Gasteiger partial charge in [0.25, 0.3) is 0 Å². The van der Waals surface area contributed by atoms with E-state index in [1.54, 1.807) is 7.11 Å². The van der Waals surface area contributed by atoms with Crippen LogP contribution in [0.2, 0.25) is 0 Å². The average Bonchev–Trinajstić information content (AvgIpc) is 2.42. The summed E-state index contributed by atoms with van der Waals surface area (Å²) < 4.78 is 4.86. The molecular formula is C15H22N2O2. The molecule has 1 saturated heterocycles. The van der Waals surface area contributed by atoms with Crippen molar-refractivity contribution in [3.8, 4) is 0 Å². The van der Waals surface area contributed by atoms with Crippen molar-refractivity contribution in [2.75, 3.05) is 46.4 Å². The highest BCUT2D eigenvalue weighted by Crippen LogP contribution is 2.08. The molecule has 1 aliphatic rings. The molecule has 0 atom stereocenters. The summed E-state index contributed by atoms with van der Waals surface area (Å²) in [5, 5.41) is 0. The number of rotatable bonds is 6. The van der Waals surface area contributed by atoms with Crippen molar-refractivity contribution < 1.29 is 9.53 Å². The maximum Gasteiger partial charge on any atom is 0.172 e. The van der Waals surface area contributed by atoms with Crippen LogP contribution in [0.3, 0.4) is 0 Å². The predicted molar refractivity (Wildman–Crippen MR) is 75.0 cm³/mol. The van der Waals surface area contributed by atoms with E-state index in [0.717, 1.165) is 32.7 Å². The number of benzene rings is 1. The first-order chi connectivity index (χ1) is 9.28. The Morgan fingerprint density at radius 3 is 2.37 bits per heavy atom. The van der Waals surface area contributed by atoms with Gasteiger partial charge in [-0.25, -0.2) is 0 Å². The van der Waals surface area contributed by atoms with Gasteiger partial charge in [-0.15, -0.1) is 0 Å². The van der Waals surface area contributed by atoms with Gasteiger partial charge in [0.2, 0.25) is 0 Å². The molecule has 0 N–H and O–H groups in total. The Morgan fingerprint density at radius 1 is 1.11 bits per heavy atom. The first kappa shape index (κ1) is 14.2. The molecule has 104 valence electrons. The number of methoxy groups -OCH3 is 1. The summed E-state index contributed by atoms with van der Waals surface area (Å²) in [5.74, 6) is 0.166. The summed E-state index contributed by atoms with van der Waals surface area (Å²) in [6.45, 7) is 5.72. The molecule has 0 aromatic heterocycles. The van der Waals surface area contributed by atoms with Gasteiger partial charge in [-0.1, -0.05) is 30.3 Å². The molecule has 1 aromatic rings. The second kappa shape index (κ2) is 7.38. The lowest BCUT2D eigenvalue weighted by atomic mass is 10.2. The van der Waals surface area contributed by atoms with Crippen LogP contribution in [-0.4, -0.2) is 62.0 Å². The molecule has 0 spiro atoms. The third-order valence-corrected chi connectivity index (χ3v) is 3.42. The van der Waals surface area contributed by atoms with E-state index in [-0.39, 0.29) is 12.4 Å². The van der Waals surface area contributed by atoms with Crippen molar-refractivity contribution >= 4 is 5.78 Å². The number of hydrogen-bond acceptors (Lipinski definition) is 4. The minimum atomic E-state index is 0.166. The Kier molecular flexibility index (Phi) is 5.51. The van der Waals surface area contributed by atoms with Crippen LogP contribution in [-0.2, 0) is 16.1 Å². The van der Waals surface area contributed by atoms with Crippen molar-refractivity contribution in [3.63, 3.8) is 0 Å². The van der Waals surface area contributed by atoms with Crippen molar-refractivity contribution in [2.24, 2.45) is 0 Å². The Hall–Kier alpha value is -1.23. The van der Waals surface area contributed by atoms with Gasteiger partial charge >= 0.3 is 0 Å². The summed E-state index contributed by atoms with van der Waals surface area (Å²) in [5.41, 5.74) is 1.35. The van der Waals surface area contributed by atoms with Crippen LogP contribution in [0.25, 0.3) is 0 Å². The number of ether oxygens (including phenoxy) is 1. The smallest absolute Gasteiger partial charge is 0.172 e. The standard InChI is InChI=1S/C15H22N2O2/c1-19-13-15(18)12-17-9-7-16(8-10-17)11-14-5-3-2-4-6-14/h2-6H,7-13H2,1H3. The monoisotopic (exact) mass is 262 g/mol. The first-order valence-electron chi connectivity index (χ1n) is 6.77. The largest absolute Gasteiger partial charge is 0.377 e.